The molecular weight excluding hydrogens is 288 g/mol. The maximum absolute atomic E-state index is 12.5. The Labute approximate surface area is 123 Å². The molecule has 1 aromatic carbocycles. The number of benzene rings is 1. The van der Waals surface area contributed by atoms with E-state index in [0.717, 1.165) is 10.9 Å². The fraction of sp³-hybridized carbons (Fsp3) is 0.333. The van der Waals surface area contributed by atoms with Gasteiger partial charge in [0, 0.05) is 36.2 Å². The number of pyridine rings is 1. The van der Waals surface area contributed by atoms with Gasteiger partial charge in [0.05, 0.1) is 17.0 Å². The number of ketones is 1. The molecule has 0 saturated carbocycles. The molecule has 6 heteroatoms. The highest BCUT2D eigenvalue weighted by molar-refractivity contribution is 7.91. The standard InChI is InChI=1S/C15H16N2O3S/c18-15(9-11-10-21(19,20)8-7-16-11)13-3-1-5-14-12(13)4-2-6-17-14/h1-6,11,16H,7-10H2. The van der Waals surface area contributed by atoms with Crippen molar-refractivity contribution in [1.29, 1.82) is 0 Å². The lowest BCUT2D eigenvalue weighted by Gasteiger charge is -2.23. The van der Waals surface area contributed by atoms with E-state index in [1.165, 1.54) is 0 Å². The lowest BCUT2D eigenvalue weighted by Crippen LogP contribution is -2.46. The molecule has 110 valence electrons. The van der Waals surface area contributed by atoms with Crippen molar-refractivity contribution in [3.63, 3.8) is 0 Å². The summed E-state index contributed by atoms with van der Waals surface area (Å²) in [6.07, 6.45) is 1.87. The Morgan fingerprint density at radius 3 is 2.95 bits per heavy atom. The first-order valence-electron chi connectivity index (χ1n) is 6.86. The molecule has 0 aliphatic carbocycles. The summed E-state index contributed by atoms with van der Waals surface area (Å²) in [6.45, 7) is 0.414. The van der Waals surface area contributed by atoms with Crippen molar-refractivity contribution < 1.29 is 13.2 Å². The van der Waals surface area contributed by atoms with Gasteiger partial charge in [0.15, 0.2) is 15.6 Å². The molecule has 1 saturated heterocycles. The van der Waals surface area contributed by atoms with Gasteiger partial charge in [0.25, 0.3) is 0 Å². The van der Waals surface area contributed by atoms with Crippen LogP contribution in [0.15, 0.2) is 36.5 Å². The van der Waals surface area contributed by atoms with Crippen LogP contribution >= 0.6 is 0 Å². The van der Waals surface area contributed by atoms with Crippen molar-refractivity contribution in [3.05, 3.63) is 42.1 Å². The number of Topliss-reactive ketones (excluding diaryl/α,β-unsaturated/α-hetero) is 1. The van der Waals surface area contributed by atoms with Gasteiger partial charge >= 0.3 is 0 Å². The summed E-state index contributed by atoms with van der Waals surface area (Å²) in [5.74, 6) is 0.126. The van der Waals surface area contributed by atoms with Gasteiger partial charge in [-0.05, 0) is 12.1 Å². The van der Waals surface area contributed by atoms with Crippen LogP contribution in [0.1, 0.15) is 16.8 Å². The van der Waals surface area contributed by atoms with Crippen molar-refractivity contribution in [1.82, 2.24) is 10.3 Å². The summed E-state index contributed by atoms with van der Waals surface area (Å²) in [5.41, 5.74) is 1.37. The van der Waals surface area contributed by atoms with Crippen LogP contribution in [0.2, 0.25) is 0 Å². The van der Waals surface area contributed by atoms with Crippen LogP contribution in [0.25, 0.3) is 10.9 Å². The van der Waals surface area contributed by atoms with Crippen LogP contribution < -0.4 is 5.32 Å². The zero-order valence-corrected chi connectivity index (χ0v) is 12.3. The summed E-state index contributed by atoms with van der Waals surface area (Å²) in [5, 5.41) is 3.92. The maximum atomic E-state index is 12.5. The van der Waals surface area contributed by atoms with E-state index < -0.39 is 9.84 Å². The molecule has 0 bridgehead atoms. The zero-order chi connectivity index (χ0) is 14.9. The van der Waals surface area contributed by atoms with Gasteiger partial charge in [-0.2, -0.15) is 0 Å². The number of nitrogens with one attached hydrogen (secondary N) is 1. The number of carbonyl (C=O) groups excluding carboxylic acids is 1. The molecule has 1 aromatic heterocycles. The normalized spacial score (nSPS) is 21.2. The molecule has 1 aliphatic heterocycles. The van der Waals surface area contributed by atoms with E-state index in [1.54, 1.807) is 24.4 Å². The molecule has 0 amide bonds. The topological polar surface area (TPSA) is 76.1 Å². The van der Waals surface area contributed by atoms with E-state index in [9.17, 15) is 13.2 Å². The van der Waals surface area contributed by atoms with Gasteiger partial charge in [0.1, 0.15) is 0 Å². The molecule has 1 N–H and O–H groups in total. The van der Waals surface area contributed by atoms with Crippen LogP contribution in [-0.4, -0.2) is 43.3 Å². The largest absolute Gasteiger partial charge is 0.312 e. The van der Waals surface area contributed by atoms with Crippen LogP contribution in [0.3, 0.4) is 0 Å². The third kappa shape index (κ3) is 3.11. The van der Waals surface area contributed by atoms with Crippen molar-refractivity contribution in [2.24, 2.45) is 0 Å². The third-order valence-corrected chi connectivity index (χ3v) is 5.42. The van der Waals surface area contributed by atoms with Crippen molar-refractivity contribution in [2.75, 3.05) is 18.1 Å². The van der Waals surface area contributed by atoms with Gasteiger partial charge in [0.2, 0.25) is 0 Å². The number of rotatable bonds is 3. The van der Waals surface area contributed by atoms with Gasteiger partial charge < -0.3 is 5.32 Å². The summed E-state index contributed by atoms with van der Waals surface area (Å²) >= 11 is 0. The summed E-state index contributed by atoms with van der Waals surface area (Å²) in [6, 6.07) is 8.78. The smallest absolute Gasteiger partial charge is 0.165 e. The summed E-state index contributed by atoms with van der Waals surface area (Å²) < 4.78 is 23.3. The second kappa shape index (κ2) is 5.54. The predicted molar refractivity (Wildman–Crippen MR) is 81.1 cm³/mol. The lowest BCUT2D eigenvalue weighted by molar-refractivity contribution is 0.0973. The predicted octanol–water partition coefficient (Wildman–Crippen LogP) is 1.19. The minimum absolute atomic E-state index is 0.0295. The van der Waals surface area contributed by atoms with E-state index >= 15 is 0 Å². The monoisotopic (exact) mass is 304 g/mol. The Balaban J connectivity index is 1.84. The molecule has 0 radical (unpaired) electrons. The number of fused-ring (bicyclic) bond motifs is 1. The Morgan fingerprint density at radius 1 is 1.29 bits per heavy atom. The molecule has 2 heterocycles. The van der Waals surface area contributed by atoms with Crippen LogP contribution in [-0.2, 0) is 9.84 Å². The number of nitrogens with zero attached hydrogens (tertiary/aromatic N) is 1. The molecule has 1 atom stereocenters. The molecule has 2 aromatic rings. The molecule has 1 aliphatic rings. The van der Waals surface area contributed by atoms with E-state index in [1.807, 2.05) is 12.1 Å². The molecular formula is C15H16N2O3S. The van der Waals surface area contributed by atoms with Crippen molar-refractivity contribution in [3.8, 4) is 0 Å². The molecule has 21 heavy (non-hydrogen) atoms. The summed E-state index contributed by atoms with van der Waals surface area (Å²) in [7, 11) is -3.03. The number of sulfone groups is 1. The first-order chi connectivity index (χ1) is 10.1. The molecule has 3 rings (SSSR count). The SMILES string of the molecule is O=C(CC1CS(=O)(=O)CCN1)c1cccc2ncccc12. The van der Waals surface area contributed by atoms with E-state index in [2.05, 4.69) is 10.3 Å². The number of hydrogen-bond acceptors (Lipinski definition) is 5. The average molecular weight is 304 g/mol. The first kappa shape index (κ1) is 14.2. The van der Waals surface area contributed by atoms with Gasteiger partial charge in [-0.1, -0.05) is 18.2 Å². The van der Waals surface area contributed by atoms with Crippen molar-refractivity contribution in [2.45, 2.75) is 12.5 Å². The minimum atomic E-state index is -3.03. The number of hydrogen-bond donors (Lipinski definition) is 1. The van der Waals surface area contributed by atoms with Crippen molar-refractivity contribution >= 4 is 26.5 Å². The Hall–Kier alpha value is -1.79. The number of aromatic nitrogens is 1. The lowest BCUT2D eigenvalue weighted by atomic mass is 10.00. The molecule has 1 fully saturated rings. The Bertz CT molecular complexity index is 781. The Morgan fingerprint density at radius 2 is 2.14 bits per heavy atom. The van der Waals surface area contributed by atoms with Gasteiger partial charge in [-0.3, -0.25) is 9.78 Å². The highest BCUT2D eigenvalue weighted by Gasteiger charge is 2.26. The zero-order valence-electron chi connectivity index (χ0n) is 11.5. The third-order valence-electron chi connectivity index (χ3n) is 3.68. The van der Waals surface area contributed by atoms with E-state index in [4.69, 9.17) is 0 Å². The highest BCUT2D eigenvalue weighted by Crippen LogP contribution is 2.19. The maximum Gasteiger partial charge on any atom is 0.165 e. The van der Waals surface area contributed by atoms with E-state index in [-0.39, 0.29) is 29.8 Å². The van der Waals surface area contributed by atoms with Gasteiger partial charge in [-0.25, -0.2) is 8.42 Å². The average Bonchev–Trinajstić information content (AvgIpc) is 2.45. The minimum Gasteiger partial charge on any atom is -0.312 e. The van der Waals surface area contributed by atoms with Crippen LogP contribution in [0.5, 0.6) is 0 Å². The number of carbonyl (C=O) groups is 1. The molecule has 0 spiro atoms. The van der Waals surface area contributed by atoms with Crippen LogP contribution in [0.4, 0.5) is 0 Å². The fourth-order valence-electron chi connectivity index (χ4n) is 2.68. The molecule has 1 unspecified atom stereocenters. The van der Waals surface area contributed by atoms with E-state index in [0.29, 0.717) is 12.1 Å². The highest BCUT2D eigenvalue weighted by atomic mass is 32.2. The van der Waals surface area contributed by atoms with Crippen LogP contribution in [0, 0.1) is 0 Å². The molecule has 5 nitrogen and oxygen atoms in total. The van der Waals surface area contributed by atoms with Gasteiger partial charge in [-0.15, -0.1) is 0 Å². The summed E-state index contributed by atoms with van der Waals surface area (Å²) in [4.78, 5) is 16.7. The quantitative estimate of drug-likeness (QED) is 0.862. The first-order valence-corrected chi connectivity index (χ1v) is 8.68. The fourth-order valence-corrected chi connectivity index (χ4v) is 4.12. The Kier molecular flexibility index (Phi) is 3.73. The second-order valence-electron chi connectivity index (χ2n) is 5.27. The second-order valence-corrected chi connectivity index (χ2v) is 7.50.